The fourth-order valence-corrected chi connectivity index (χ4v) is 3.38. The Morgan fingerprint density at radius 1 is 1.25 bits per heavy atom. The minimum absolute atomic E-state index is 0.233. The lowest BCUT2D eigenvalue weighted by atomic mass is 9.99. The van der Waals surface area contributed by atoms with E-state index in [1.807, 2.05) is 18.3 Å². The van der Waals surface area contributed by atoms with Gasteiger partial charge < -0.3 is 20.1 Å². The predicted octanol–water partition coefficient (Wildman–Crippen LogP) is 4.11. The van der Waals surface area contributed by atoms with E-state index < -0.39 is 0 Å². The lowest BCUT2D eigenvalue weighted by molar-refractivity contribution is 0.368. The molecule has 2 heterocycles. The molecule has 0 amide bonds. The Bertz CT molecular complexity index is 926. The molecule has 0 saturated heterocycles. The van der Waals surface area contributed by atoms with Gasteiger partial charge in [0.2, 0.25) is 0 Å². The Kier molecular flexibility index (Phi) is 6.68. The van der Waals surface area contributed by atoms with Gasteiger partial charge in [0.1, 0.15) is 5.82 Å². The zero-order chi connectivity index (χ0) is 19.9. The van der Waals surface area contributed by atoms with Gasteiger partial charge in [-0.3, -0.25) is 4.99 Å². The molecule has 0 atom stereocenters. The summed E-state index contributed by atoms with van der Waals surface area (Å²) < 4.78 is 18.7. The normalized spacial score (nSPS) is 12.1. The number of H-pyrrole nitrogens is 1. The molecule has 0 radical (unpaired) electrons. The van der Waals surface area contributed by atoms with Crippen LogP contribution in [0, 0.1) is 5.82 Å². The van der Waals surface area contributed by atoms with Crippen LogP contribution in [0.2, 0.25) is 0 Å². The van der Waals surface area contributed by atoms with Crippen LogP contribution >= 0.6 is 0 Å². The van der Waals surface area contributed by atoms with Crippen LogP contribution in [0.25, 0.3) is 10.9 Å². The molecule has 2 aromatic heterocycles. The van der Waals surface area contributed by atoms with Crippen molar-refractivity contribution >= 4 is 16.9 Å². The molecule has 0 bridgehead atoms. The van der Waals surface area contributed by atoms with Gasteiger partial charge in [0.15, 0.2) is 11.7 Å². The average Bonchev–Trinajstić information content (AvgIpc) is 3.32. The number of hydrogen-bond acceptors (Lipinski definition) is 3. The van der Waals surface area contributed by atoms with Crippen LogP contribution in [0.5, 0.6) is 0 Å². The number of hydrogen-bond donors (Lipinski definition) is 3. The molecule has 6 nitrogen and oxygen atoms in total. The summed E-state index contributed by atoms with van der Waals surface area (Å²) in [5.74, 6) is 1.71. The van der Waals surface area contributed by atoms with Crippen molar-refractivity contribution in [3.8, 4) is 0 Å². The van der Waals surface area contributed by atoms with Crippen molar-refractivity contribution in [2.45, 2.75) is 45.6 Å². The second-order valence-corrected chi connectivity index (χ2v) is 6.84. The summed E-state index contributed by atoms with van der Waals surface area (Å²) in [5.41, 5.74) is 2.97. The van der Waals surface area contributed by atoms with E-state index in [-0.39, 0.29) is 5.82 Å². The number of fused-ring (bicyclic) bond motifs is 1. The van der Waals surface area contributed by atoms with Crippen molar-refractivity contribution in [3.05, 3.63) is 53.3 Å². The van der Waals surface area contributed by atoms with E-state index in [9.17, 15) is 4.39 Å². The second kappa shape index (κ2) is 9.39. The number of benzene rings is 1. The van der Waals surface area contributed by atoms with E-state index >= 15 is 0 Å². The van der Waals surface area contributed by atoms with Gasteiger partial charge in [-0.15, -0.1) is 0 Å². The molecule has 0 saturated carbocycles. The summed E-state index contributed by atoms with van der Waals surface area (Å²) >= 11 is 0. The molecule has 0 unspecified atom stereocenters. The third kappa shape index (κ3) is 4.71. The molecule has 7 heteroatoms. The minimum Gasteiger partial charge on any atom is -0.361 e. The predicted molar refractivity (Wildman–Crippen MR) is 110 cm³/mol. The molecule has 0 fully saturated rings. The van der Waals surface area contributed by atoms with Gasteiger partial charge in [0.25, 0.3) is 0 Å². The van der Waals surface area contributed by atoms with Gasteiger partial charge in [0, 0.05) is 42.7 Å². The highest BCUT2D eigenvalue weighted by atomic mass is 19.1. The largest absolute Gasteiger partial charge is 0.361 e. The highest BCUT2D eigenvalue weighted by molar-refractivity contribution is 5.83. The number of halogens is 1. The molecular formula is C21H28FN5O. The number of aliphatic imine (C=N–C) groups is 1. The first-order valence-corrected chi connectivity index (χ1v) is 9.80. The first kappa shape index (κ1) is 19.9. The highest BCUT2D eigenvalue weighted by Gasteiger charge is 2.13. The van der Waals surface area contributed by atoms with Crippen molar-refractivity contribution < 1.29 is 8.91 Å². The number of aromatic nitrogens is 2. The van der Waals surface area contributed by atoms with Gasteiger partial charge in [-0.05, 0) is 43.0 Å². The Morgan fingerprint density at radius 3 is 2.82 bits per heavy atom. The third-order valence-electron chi connectivity index (χ3n) is 5.05. The van der Waals surface area contributed by atoms with Crippen LogP contribution in [0.1, 0.15) is 49.6 Å². The van der Waals surface area contributed by atoms with Gasteiger partial charge in [0.05, 0.1) is 12.2 Å². The quantitative estimate of drug-likeness (QED) is 0.403. The number of aromatic amines is 1. The smallest absolute Gasteiger partial charge is 0.191 e. The number of nitrogens with zero attached hydrogens (tertiary/aromatic N) is 2. The first-order chi connectivity index (χ1) is 13.6. The Labute approximate surface area is 164 Å². The third-order valence-corrected chi connectivity index (χ3v) is 5.05. The molecule has 28 heavy (non-hydrogen) atoms. The summed E-state index contributed by atoms with van der Waals surface area (Å²) in [6, 6.07) is 6.83. The molecule has 0 aliphatic rings. The summed E-state index contributed by atoms with van der Waals surface area (Å²) in [5, 5.41) is 11.8. The van der Waals surface area contributed by atoms with Crippen molar-refractivity contribution in [1.29, 1.82) is 0 Å². The molecule has 0 aliphatic carbocycles. The average molecular weight is 385 g/mol. The minimum atomic E-state index is -0.233. The SMILES string of the molecule is CCC(CC)c1cc(CNC(=NC)NCCc2c[nH]c3cc(F)ccc23)on1. The van der Waals surface area contributed by atoms with Crippen LogP contribution in [0.3, 0.4) is 0 Å². The maximum Gasteiger partial charge on any atom is 0.191 e. The molecule has 3 aromatic rings. The maximum atomic E-state index is 13.3. The van der Waals surface area contributed by atoms with Gasteiger partial charge in [-0.2, -0.15) is 0 Å². The zero-order valence-corrected chi connectivity index (χ0v) is 16.7. The first-order valence-electron chi connectivity index (χ1n) is 9.80. The highest BCUT2D eigenvalue weighted by Crippen LogP contribution is 2.22. The Hall–Kier alpha value is -2.83. The fraction of sp³-hybridized carbons (Fsp3) is 0.429. The van der Waals surface area contributed by atoms with Crippen molar-refractivity contribution in [2.75, 3.05) is 13.6 Å². The molecule has 1 aromatic carbocycles. The molecular weight excluding hydrogens is 357 g/mol. The van der Waals surface area contributed by atoms with Crippen LogP contribution in [-0.4, -0.2) is 29.7 Å². The summed E-state index contributed by atoms with van der Waals surface area (Å²) in [6.07, 6.45) is 4.84. The summed E-state index contributed by atoms with van der Waals surface area (Å²) in [6.45, 7) is 5.56. The summed E-state index contributed by atoms with van der Waals surface area (Å²) in [7, 11) is 1.74. The van der Waals surface area contributed by atoms with Crippen molar-refractivity contribution in [2.24, 2.45) is 4.99 Å². The van der Waals surface area contributed by atoms with E-state index in [2.05, 4.69) is 39.6 Å². The lowest BCUT2D eigenvalue weighted by Crippen LogP contribution is -2.37. The van der Waals surface area contributed by atoms with Gasteiger partial charge in [-0.1, -0.05) is 19.0 Å². The van der Waals surface area contributed by atoms with Crippen LogP contribution in [0.4, 0.5) is 4.39 Å². The van der Waals surface area contributed by atoms with E-state index in [1.165, 1.54) is 12.1 Å². The van der Waals surface area contributed by atoms with E-state index in [4.69, 9.17) is 4.52 Å². The molecule has 0 spiro atoms. The Balaban J connectivity index is 1.49. The number of nitrogens with one attached hydrogen (secondary N) is 3. The van der Waals surface area contributed by atoms with Crippen molar-refractivity contribution in [1.82, 2.24) is 20.8 Å². The fourth-order valence-electron chi connectivity index (χ4n) is 3.38. The number of guanidine groups is 1. The molecule has 3 N–H and O–H groups in total. The topological polar surface area (TPSA) is 78.2 Å². The van der Waals surface area contributed by atoms with Crippen LogP contribution in [-0.2, 0) is 13.0 Å². The Morgan fingerprint density at radius 2 is 2.07 bits per heavy atom. The molecule has 150 valence electrons. The van der Waals surface area contributed by atoms with Crippen LogP contribution < -0.4 is 10.6 Å². The van der Waals surface area contributed by atoms with Gasteiger partial charge >= 0.3 is 0 Å². The van der Waals surface area contributed by atoms with Crippen LogP contribution in [0.15, 0.2) is 40.0 Å². The molecule has 3 rings (SSSR count). The lowest BCUT2D eigenvalue weighted by Gasteiger charge is -2.10. The standard InChI is InChI=1S/C21H28FN5O/c1-4-14(5-2)19-11-17(28-27-19)13-26-21(23-3)24-9-8-15-12-25-20-10-16(22)6-7-18(15)20/h6-7,10-12,14,25H,4-5,8-9,13H2,1-3H3,(H2,23,24,26). The maximum absolute atomic E-state index is 13.3. The molecule has 0 aliphatic heterocycles. The van der Waals surface area contributed by atoms with Crippen molar-refractivity contribution in [3.63, 3.8) is 0 Å². The summed E-state index contributed by atoms with van der Waals surface area (Å²) in [4.78, 5) is 7.36. The second-order valence-electron chi connectivity index (χ2n) is 6.84. The van der Waals surface area contributed by atoms with E-state index in [0.29, 0.717) is 25.0 Å². The monoisotopic (exact) mass is 385 g/mol. The van der Waals surface area contributed by atoms with E-state index in [1.54, 1.807) is 7.05 Å². The van der Waals surface area contributed by atoms with Gasteiger partial charge in [-0.25, -0.2) is 4.39 Å². The van der Waals surface area contributed by atoms with E-state index in [0.717, 1.165) is 47.2 Å². The number of rotatable bonds is 8. The zero-order valence-electron chi connectivity index (χ0n) is 16.7.